The Bertz CT molecular complexity index is 772. The van der Waals surface area contributed by atoms with Crippen molar-refractivity contribution in [1.82, 2.24) is 9.97 Å². The summed E-state index contributed by atoms with van der Waals surface area (Å²) >= 11 is 6.00. The molecule has 0 amide bonds. The van der Waals surface area contributed by atoms with Gasteiger partial charge in [-0.3, -0.25) is 0 Å². The van der Waals surface area contributed by atoms with Crippen LogP contribution in [0.3, 0.4) is 0 Å². The Morgan fingerprint density at radius 2 is 1.79 bits per heavy atom. The molecule has 0 radical (unpaired) electrons. The van der Waals surface area contributed by atoms with Crippen LogP contribution in [0.2, 0.25) is 5.02 Å². The zero-order valence-electron chi connectivity index (χ0n) is 11.2. The smallest absolute Gasteiger partial charge is 0.138 e. The Labute approximate surface area is 117 Å². The van der Waals surface area contributed by atoms with Crippen molar-refractivity contribution >= 4 is 22.6 Å². The second kappa shape index (κ2) is 4.39. The second-order valence-electron chi connectivity index (χ2n) is 5.02. The highest BCUT2D eigenvalue weighted by atomic mass is 35.5. The van der Waals surface area contributed by atoms with Crippen molar-refractivity contribution in [3.8, 4) is 11.4 Å². The van der Waals surface area contributed by atoms with Gasteiger partial charge >= 0.3 is 0 Å². The summed E-state index contributed by atoms with van der Waals surface area (Å²) in [7, 11) is 0. The summed E-state index contributed by atoms with van der Waals surface area (Å²) in [5.41, 5.74) is 6.78. The molecule has 2 nitrogen and oxygen atoms in total. The number of hydrogen-bond donors (Lipinski definition) is 1. The average molecular weight is 271 g/mol. The summed E-state index contributed by atoms with van der Waals surface area (Å²) in [6, 6.07) is 10.2. The lowest BCUT2D eigenvalue weighted by molar-refractivity contribution is 1.30. The van der Waals surface area contributed by atoms with E-state index in [1.807, 2.05) is 25.1 Å². The van der Waals surface area contributed by atoms with Crippen LogP contribution in [0.25, 0.3) is 22.4 Å². The maximum atomic E-state index is 6.00. The van der Waals surface area contributed by atoms with E-state index in [0.717, 1.165) is 33.0 Å². The van der Waals surface area contributed by atoms with Crippen LogP contribution in [-0.4, -0.2) is 9.97 Å². The number of imidazole rings is 1. The van der Waals surface area contributed by atoms with Crippen LogP contribution in [0.5, 0.6) is 0 Å². The summed E-state index contributed by atoms with van der Waals surface area (Å²) in [5, 5.41) is 0.754. The van der Waals surface area contributed by atoms with Gasteiger partial charge in [-0.1, -0.05) is 17.7 Å². The minimum Gasteiger partial charge on any atom is -0.338 e. The molecule has 0 saturated carbocycles. The fraction of sp³-hybridized carbons (Fsp3) is 0.188. The van der Waals surface area contributed by atoms with Crippen molar-refractivity contribution in [3.05, 3.63) is 52.0 Å². The molecule has 96 valence electrons. The van der Waals surface area contributed by atoms with E-state index >= 15 is 0 Å². The van der Waals surface area contributed by atoms with E-state index in [9.17, 15) is 0 Å². The van der Waals surface area contributed by atoms with Gasteiger partial charge < -0.3 is 4.98 Å². The number of rotatable bonds is 1. The minimum absolute atomic E-state index is 0.754. The number of nitrogens with zero attached hydrogens (tertiary/aromatic N) is 1. The number of benzene rings is 2. The van der Waals surface area contributed by atoms with E-state index in [1.165, 1.54) is 11.1 Å². The Hall–Kier alpha value is -1.80. The van der Waals surface area contributed by atoms with Crippen LogP contribution in [0.1, 0.15) is 16.7 Å². The second-order valence-corrected chi connectivity index (χ2v) is 5.46. The van der Waals surface area contributed by atoms with Crippen molar-refractivity contribution < 1.29 is 0 Å². The lowest BCUT2D eigenvalue weighted by atomic mass is 10.1. The van der Waals surface area contributed by atoms with Crippen molar-refractivity contribution in [3.63, 3.8) is 0 Å². The van der Waals surface area contributed by atoms with Crippen LogP contribution < -0.4 is 0 Å². The van der Waals surface area contributed by atoms with Crippen LogP contribution in [0.4, 0.5) is 0 Å². The zero-order chi connectivity index (χ0) is 13.6. The Morgan fingerprint density at radius 1 is 1.00 bits per heavy atom. The molecule has 0 saturated heterocycles. The molecule has 3 heteroatoms. The highest BCUT2D eigenvalue weighted by molar-refractivity contribution is 6.30. The van der Waals surface area contributed by atoms with Crippen molar-refractivity contribution in [1.29, 1.82) is 0 Å². The average Bonchev–Trinajstić information content (AvgIpc) is 2.72. The van der Waals surface area contributed by atoms with E-state index in [0.29, 0.717) is 0 Å². The van der Waals surface area contributed by atoms with Crippen LogP contribution in [0.15, 0.2) is 30.3 Å². The fourth-order valence-electron chi connectivity index (χ4n) is 2.49. The SMILES string of the molecule is Cc1cc(C)c2nc(-c3ccc(Cl)cc3C)[nH]c2c1. The third-order valence-electron chi connectivity index (χ3n) is 3.37. The standard InChI is InChI=1S/C16H15ClN2/c1-9-6-11(3)15-14(7-9)18-16(19-15)13-5-4-12(17)8-10(13)2/h4-8H,1-3H3,(H,18,19). The molecule has 3 aromatic rings. The molecule has 0 aliphatic rings. The molecular weight excluding hydrogens is 256 g/mol. The molecule has 0 spiro atoms. The zero-order valence-corrected chi connectivity index (χ0v) is 12.0. The molecule has 1 N–H and O–H groups in total. The quantitative estimate of drug-likeness (QED) is 0.675. The summed E-state index contributed by atoms with van der Waals surface area (Å²) in [6.07, 6.45) is 0. The Morgan fingerprint density at radius 3 is 2.53 bits per heavy atom. The maximum Gasteiger partial charge on any atom is 0.138 e. The predicted molar refractivity (Wildman–Crippen MR) is 80.8 cm³/mol. The van der Waals surface area contributed by atoms with E-state index in [-0.39, 0.29) is 0 Å². The number of fused-ring (bicyclic) bond motifs is 1. The molecule has 19 heavy (non-hydrogen) atoms. The molecule has 1 heterocycles. The number of aromatic amines is 1. The Balaban J connectivity index is 2.23. The van der Waals surface area contributed by atoms with Gasteiger partial charge in [0.25, 0.3) is 0 Å². The third-order valence-corrected chi connectivity index (χ3v) is 3.60. The molecule has 0 unspecified atom stereocenters. The largest absolute Gasteiger partial charge is 0.338 e. The van der Waals surface area contributed by atoms with Gasteiger partial charge in [0.2, 0.25) is 0 Å². The molecule has 2 aromatic carbocycles. The summed E-state index contributed by atoms with van der Waals surface area (Å²) in [6.45, 7) is 6.24. The number of aryl methyl sites for hydroxylation is 3. The third kappa shape index (κ3) is 2.13. The monoisotopic (exact) mass is 270 g/mol. The molecule has 0 fully saturated rings. The van der Waals surface area contributed by atoms with Gasteiger partial charge in [-0.25, -0.2) is 4.98 Å². The Kier molecular flexibility index (Phi) is 2.83. The highest BCUT2D eigenvalue weighted by Gasteiger charge is 2.10. The van der Waals surface area contributed by atoms with E-state index in [2.05, 4.69) is 31.0 Å². The number of hydrogen-bond acceptors (Lipinski definition) is 1. The van der Waals surface area contributed by atoms with Gasteiger partial charge in [0.1, 0.15) is 5.82 Å². The van der Waals surface area contributed by atoms with E-state index in [4.69, 9.17) is 16.6 Å². The lowest BCUT2D eigenvalue weighted by Crippen LogP contribution is -1.85. The fourth-order valence-corrected chi connectivity index (χ4v) is 2.72. The van der Waals surface area contributed by atoms with Gasteiger partial charge in [-0.15, -0.1) is 0 Å². The van der Waals surface area contributed by atoms with Crippen LogP contribution in [0, 0.1) is 20.8 Å². The van der Waals surface area contributed by atoms with Gasteiger partial charge in [0.05, 0.1) is 11.0 Å². The van der Waals surface area contributed by atoms with Gasteiger partial charge in [-0.05, 0) is 61.7 Å². The van der Waals surface area contributed by atoms with Crippen LogP contribution >= 0.6 is 11.6 Å². The van der Waals surface area contributed by atoms with Gasteiger partial charge in [0.15, 0.2) is 0 Å². The highest BCUT2D eigenvalue weighted by Crippen LogP contribution is 2.27. The predicted octanol–water partition coefficient (Wildman–Crippen LogP) is 4.81. The maximum absolute atomic E-state index is 6.00. The number of halogens is 1. The summed E-state index contributed by atoms with van der Waals surface area (Å²) in [5.74, 6) is 0.901. The number of nitrogens with one attached hydrogen (secondary N) is 1. The van der Waals surface area contributed by atoms with Crippen molar-refractivity contribution in [2.75, 3.05) is 0 Å². The molecule has 0 bridgehead atoms. The molecule has 0 atom stereocenters. The first kappa shape index (κ1) is 12.2. The first-order chi connectivity index (χ1) is 9.04. The molecular formula is C16H15ClN2. The van der Waals surface area contributed by atoms with Gasteiger partial charge in [0, 0.05) is 10.6 Å². The topological polar surface area (TPSA) is 28.7 Å². The van der Waals surface area contributed by atoms with Crippen LogP contribution in [-0.2, 0) is 0 Å². The molecule has 0 aliphatic heterocycles. The normalized spacial score (nSPS) is 11.2. The van der Waals surface area contributed by atoms with Crippen molar-refractivity contribution in [2.24, 2.45) is 0 Å². The summed E-state index contributed by atoms with van der Waals surface area (Å²) in [4.78, 5) is 8.12. The summed E-state index contributed by atoms with van der Waals surface area (Å²) < 4.78 is 0. The molecule has 0 aliphatic carbocycles. The van der Waals surface area contributed by atoms with E-state index in [1.54, 1.807) is 0 Å². The first-order valence-electron chi connectivity index (χ1n) is 6.28. The molecule has 3 rings (SSSR count). The van der Waals surface area contributed by atoms with Gasteiger partial charge in [-0.2, -0.15) is 0 Å². The number of aromatic nitrogens is 2. The number of H-pyrrole nitrogens is 1. The lowest BCUT2D eigenvalue weighted by Gasteiger charge is -2.02. The minimum atomic E-state index is 0.754. The first-order valence-corrected chi connectivity index (χ1v) is 6.66. The molecule has 1 aromatic heterocycles. The van der Waals surface area contributed by atoms with E-state index < -0.39 is 0 Å². The van der Waals surface area contributed by atoms with Crippen molar-refractivity contribution in [2.45, 2.75) is 20.8 Å².